The van der Waals surface area contributed by atoms with Crippen molar-refractivity contribution in [3.63, 3.8) is 0 Å². The summed E-state index contributed by atoms with van der Waals surface area (Å²) in [5.41, 5.74) is 1.88. The average Bonchev–Trinajstić information content (AvgIpc) is 3.43. The number of nitrogens with zero attached hydrogens (tertiary/aromatic N) is 4. The van der Waals surface area contributed by atoms with Gasteiger partial charge in [-0.2, -0.15) is 5.26 Å². The molecule has 2 aliphatic rings. The van der Waals surface area contributed by atoms with E-state index in [2.05, 4.69) is 11.0 Å². The van der Waals surface area contributed by atoms with E-state index in [4.69, 9.17) is 12.2 Å². The summed E-state index contributed by atoms with van der Waals surface area (Å²) in [6.07, 6.45) is 4.57. The molecule has 0 spiro atoms. The van der Waals surface area contributed by atoms with Gasteiger partial charge in [-0.3, -0.25) is 19.1 Å². The predicted octanol–water partition coefficient (Wildman–Crippen LogP) is 4.58. The molecule has 2 aliphatic heterocycles. The third-order valence-electron chi connectivity index (χ3n) is 6.10. The number of benzene rings is 1. The Morgan fingerprint density at radius 3 is 2.50 bits per heavy atom. The molecule has 6 nitrogen and oxygen atoms in total. The van der Waals surface area contributed by atoms with Crippen LogP contribution < -0.4 is 10.5 Å². The second-order valence-electron chi connectivity index (χ2n) is 8.39. The number of pyridine rings is 1. The Hall–Kier alpha value is -2.96. The number of aromatic nitrogens is 1. The van der Waals surface area contributed by atoms with Crippen molar-refractivity contribution in [1.82, 2.24) is 9.47 Å². The maximum atomic E-state index is 13.3. The molecule has 3 heterocycles. The second-order valence-corrected chi connectivity index (χ2v) is 10.1. The van der Waals surface area contributed by atoms with Crippen LogP contribution in [-0.2, 0) is 17.9 Å². The Morgan fingerprint density at radius 1 is 1.21 bits per heavy atom. The molecule has 1 aromatic heterocycles. The van der Waals surface area contributed by atoms with Crippen LogP contribution in [0.2, 0.25) is 0 Å². The number of thioether (sulfide) groups is 1. The second kappa shape index (κ2) is 10.1. The number of halogens is 1. The van der Waals surface area contributed by atoms with E-state index >= 15 is 0 Å². The van der Waals surface area contributed by atoms with E-state index in [0.29, 0.717) is 26.9 Å². The van der Waals surface area contributed by atoms with Crippen molar-refractivity contribution >= 4 is 46.1 Å². The zero-order valence-electron chi connectivity index (χ0n) is 19.1. The molecule has 2 saturated heterocycles. The predicted molar refractivity (Wildman–Crippen MR) is 137 cm³/mol. The van der Waals surface area contributed by atoms with Gasteiger partial charge in [0.1, 0.15) is 27.6 Å². The Bertz CT molecular complexity index is 1270. The van der Waals surface area contributed by atoms with Crippen LogP contribution in [0.15, 0.2) is 34.0 Å². The first-order valence-corrected chi connectivity index (χ1v) is 12.5. The fourth-order valence-electron chi connectivity index (χ4n) is 4.38. The maximum Gasteiger partial charge on any atom is 0.270 e. The van der Waals surface area contributed by atoms with Crippen LogP contribution >= 0.6 is 24.0 Å². The van der Waals surface area contributed by atoms with Gasteiger partial charge in [-0.1, -0.05) is 43.0 Å². The zero-order valence-corrected chi connectivity index (χ0v) is 20.8. The van der Waals surface area contributed by atoms with Gasteiger partial charge in [-0.05, 0) is 55.5 Å². The molecule has 1 aromatic carbocycles. The third-order valence-corrected chi connectivity index (χ3v) is 7.48. The number of thiocarbonyl (C=S) groups is 1. The molecule has 9 heteroatoms. The molecule has 1 amide bonds. The summed E-state index contributed by atoms with van der Waals surface area (Å²) in [5.74, 6) is 0.192. The van der Waals surface area contributed by atoms with Gasteiger partial charge < -0.3 is 4.90 Å². The van der Waals surface area contributed by atoms with E-state index in [-0.39, 0.29) is 29.4 Å². The van der Waals surface area contributed by atoms with Crippen LogP contribution in [-0.4, -0.2) is 32.8 Å². The molecule has 0 bridgehead atoms. The summed E-state index contributed by atoms with van der Waals surface area (Å²) in [4.78, 5) is 30.6. The summed E-state index contributed by atoms with van der Waals surface area (Å²) in [5, 5.41) is 9.73. The molecule has 34 heavy (non-hydrogen) atoms. The van der Waals surface area contributed by atoms with Gasteiger partial charge in [-0.25, -0.2) is 4.39 Å². The summed E-state index contributed by atoms with van der Waals surface area (Å²) < 4.78 is 15.4. The molecular weight excluding hydrogens is 471 g/mol. The Balaban J connectivity index is 1.80. The lowest BCUT2D eigenvalue weighted by Gasteiger charge is -2.26. The fraction of sp³-hybridized carbons (Fsp3) is 0.360. The topological polar surface area (TPSA) is 69.3 Å². The Labute approximate surface area is 207 Å². The van der Waals surface area contributed by atoms with Crippen molar-refractivity contribution in [2.24, 2.45) is 0 Å². The standard InChI is InChI=1S/C25H25FN4O2S2/c1-3-10-29-22(28-11-4-5-12-28)19(16(2)20(14-27)23(29)31)13-21-24(32)30(25(33)34-21)15-17-6-8-18(26)9-7-17/h6-9,13H,3-5,10-12,15H2,1-2H3. The minimum atomic E-state index is -0.338. The van der Waals surface area contributed by atoms with E-state index < -0.39 is 0 Å². The maximum absolute atomic E-state index is 13.3. The smallest absolute Gasteiger partial charge is 0.270 e. The molecular formula is C25H25FN4O2S2. The SMILES string of the molecule is CCCn1c(N2CCCC2)c(C=C2SC(=S)N(Cc3ccc(F)cc3)C2=O)c(C)c(C#N)c1=O. The van der Waals surface area contributed by atoms with Gasteiger partial charge in [0, 0.05) is 25.2 Å². The van der Waals surface area contributed by atoms with E-state index in [9.17, 15) is 19.2 Å². The van der Waals surface area contributed by atoms with Gasteiger partial charge in [0.15, 0.2) is 0 Å². The number of nitriles is 1. The zero-order chi connectivity index (χ0) is 24.4. The number of anilines is 1. The number of carbonyl (C=O) groups excluding carboxylic acids is 1. The lowest BCUT2D eigenvalue weighted by atomic mass is 10.0. The molecule has 4 rings (SSSR count). The number of hydrogen-bond donors (Lipinski definition) is 0. The van der Waals surface area contributed by atoms with Gasteiger partial charge in [-0.15, -0.1) is 0 Å². The largest absolute Gasteiger partial charge is 0.357 e. The minimum Gasteiger partial charge on any atom is -0.357 e. The van der Waals surface area contributed by atoms with E-state index in [1.807, 2.05) is 6.92 Å². The van der Waals surface area contributed by atoms with Gasteiger partial charge in [0.2, 0.25) is 0 Å². The van der Waals surface area contributed by atoms with Crippen LogP contribution in [0.3, 0.4) is 0 Å². The first-order valence-electron chi connectivity index (χ1n) is 11.3. The molecule has 0 unspecified atom stereocenters. The van der Waals surface area contributed by atoms with Gasteiger partial charge >= 0.3 is 0 Å². The number of amides is 1. The molecule has 2 fully saturated rings. The van der Waals surface area contributed by atoms with Crippen molar-refractivity contribution < 1.29 is 9.18 Å². The highest BCUT2D eigenvalue weighted by Gasteiger charge is 2.33. The van der Waals surface area contributed by atoms with Crippen LogP contribution in [0.25, 0.3) is 6.08 Å². The average molecular weight is 497 g/mol. The number of hydrogen-bond acceptors (Lipinski definition) is 6. The van der Waals surface area contributed by atoms with E-state index in [1.165, 1.54) is 28.8 Å². The lowest BCUT2D eigenvalue weighted by Crippen LogP contribution is -2.33. The molecule has 0 aliphatic carbocycles. The Kier molecular flexibility index (Phi) is 7.19. The van der Waals surface area contributed by atoms with Crippen LogP contribution in [0.5, 0.6) is 0 Å². The summed E-state index contributed by atoms with van der Waals surface area (Å²) in [6.45, 7) is 6.14. The number of rotatable bonds is 6. The van der Waals surface area contributed by atoms with Crippen molar-refractivity contribution in [2.75, 3.05) is 18.0 Å². The van der Waals surface area contributed by atoms with Crippen LogP contribution in [0, 0.1) is 24.1 Å². The van der Waals surface area contributed by atoms with Crippen molar-refractivity contribution in [3.8, 4) is 6.07 Å². The molecule has 176 valence electrons. The van der Waals surface area contributed by atoms with Crippen molar-refractivity contribution in [2.45, 2.75) is 46.2 Å². The summed E-state index contributed by atoms with van der Waals surface area (Å²) in [7, 11) is 0. The summed E-state index contributed by atoms with van der Waals surface area (Å²) in [6, 6.07) is 8.05. The highest BCUT2D eigenvalue weighted by molar-refractivity contribution is 8.26. The van der Waals surface area contributed by atoms with Crippen LogP contribution in [0.4, 0.5) is 10.2 Å². The monoisotopic (exact) mass is 496 g/mol. The third kappa shape index (κ3) is 4.52. The van der Waals surface area contributed by atoms with E-state index in [1.54, 1.807) is 29.7 Å². The summed E-state index contributed by atoms with van der Waals surface area (Å²) >= 11 is 6.68. The van der Waals surface area contributed by atoms with Crippen molar-refractivity contribution in [3.05, 3.63) is 67.6 Å². The van der Waals surface area contributed by atoms with Crippen molar-refractivity contribution in [1.29, 1.82) is 5.26 Å². The molecule has 0 radical (unpaired) electrons. The molecule has 2 aromatic rings. The first kappa shape index (κ1) is 24.2. The lowest BCUT2D eigenvalue weighted by molar-refractivity contribution is -0.122. The normalized spacial score (nSPS) is 17.2. The van der Waals surface area contributed by atoms with Gasteiger partial charge in [0.25, 0.3) is 11.5 Å². The molecule has 0 atom stereocenters. The van der Waals surface area contributed by atoms with Crippen LogP contribution in [0.1, 0.15) is 48.4 Å². The highest BCUT2D eigenvalue weighted by atomic mass is 32.2. The first-order chi connectivity index (χ1) is 16.3. The highest BCUT2D eigenvalue weighted by Crippen LogP contribution is 2.37. The Morgan fingerprint density at radius 2 is 1.88 bits per heavy atom. The fourth-order valence-corrected chi connectivity index (χ4v) is 5.62. The minimum absolute atomic E-state index is 0.101. The number of carbonyl (C=O) groups is 1. The molecule has 0 saturated carbocycles. The van der Waals surface area contributed by atoms with E-state index in [0.717, 1.165) is 43.7 Å². The molecule has 0 N–H and O–H groups in total. The quantitative estimate of drug-likeness (QED) is 0.431. The van der Waals surface area contributed by atoms with Gasteiger partial charge in [0.05, 0.1) is 11.4 Å².